The molecule has 0 atom stereocenters. The van der Waals surface area contributed by atoms with E-state index < -0.39 is 5.60 Å². The topological polar surface area (TPSA) is 97.5 Å². The number of amides is 1. The van der Waals surface area contributed by atoms with Crippen molar-refractivity contribution in [1.29, 1.82) is 0 Å². The highest BCUT2D eigenvalue weighted by Gasteiger charge is 2.36. The van der Waals surface area contributed by atoms with Crippen LogP contribution in [0, 0.1) is 0 Å². The average Bonchev–Trinajstić information content (AvgIpc) is 3.35. The second-order valence-electron chi connectivity index (χ2n) is 8.47. The van der Waals surface area contributed by atoms with E-state index in [1.807, 2.05) is 27.0 Å². The number of hydrogen-bond donors (Lipinski definition) is 1. The molecular weight excluding hydrogens is 344 g/mol. The minimum absolute atomic E-state index is 0.0665. The number of carbonyl (C=O) groups excluding carboxylic acids is 1. The number of carbonyl (C=O) groups is 1. The molecule has 2 N–H and O–H groups in total. The summed E-state index contributed by atoms with van der Waals surface area (Å²) >= 11 is 0. The first-order chi connectivity index (χ1) is 12.7. The van der Waals surface area contributed by atoms with Gasteiger partial charge in [-0.2, -0.15) is 4.98 Å². The van der Waals surface area contributed by atoms with Gasteiger partial charge in [0.25, 0.3) is 0 Å². The molecule has 2 aromatic rings. The molecule has 0 aromatic carbocycles. The molecular formula is C19H26N6O2. The molecule has 1 aliphatic carbocycles. The quantitative estimate of drug-likeness (QED) is 0.886. The Morgan fingerprint density at radius 1 is 1.30 bits per heavy atom. The highest BCUT2D eigenvalue weighted by atomic mass is 16.6. The van der Waals surface area contributed by atoms with Crippen LogP contribution < -0.4 is 10.6 Å². The van der Waals surface area contributed by atoms with Gasteiger partial charge in [-0.3, -0.25) is 4.98 Å². The van der Waals surface area contributed by atoms with Gasteiger partial charge in [-0.25, -0.2) is 9.78 Å². The van der Waals surface area contributed by atoms with Crippen LogP contribution in [0.15, 0.2) is 12.3 Å². The van der Waals surface area contributed by atoms with Crippen molar-refractivity contribution in [3.63, 3.8) is 0 Å². The lowest BCUT2D eigenvalue weighted by atomic mass is 10.1. The molecule has 2 aromatic heterocycles. The number of likely N-dealkylation sites (N-methyl/N-ethyl adjacent to an activating group) is 1. The van der Waals surface area contributed by atoms with Crippen molar-refractivity contribution in [2.24, 2.45) is 0 Å². The molecule has 0 spiro atoms. The summed E-state index contributed by atoms with van der Waals surface area (Å²) in [4.78, 5) is 29.3. The molecule has 144 valence electrons. The number of aromatic nitrogens is 3. The molecule has 1 aliphatic heterocycles. The number of nitrogen functional groups attached to an aromatic ring is 1. The van der Waals surface area contributed by atoms with Gasteiger partial charge >= 0.3 is 6.09 Å². The second-order valence-corrected chi connectivity index (χ2v) is 8.47. The van der Waals surface area contributed by atoms with E-state index in [0.717, 1.165) is 16.9 Å². The predicted octanol–water partition coefficient (Wildman–Crippen LogP) is 2.54. The van der Waals surface area contributed by atoms with Crippen LogP contribution in [-0.4, -0.2) is 57.7 Å². The number of fused-ring (bicyclic) bond motifs is 1. The molecule has 4 rings (SSSR count). The van der Waals surface area contributed by atoms with Crippen LogP contribution in [0.2, 0.25) is 0 Å². The molecule has 2 aliphatic rings. The fourth-order valence-electron chi connectivity index (χ4n) is 3.25. The maximum Gasteiger partial charge on any atom is 0.410 e. The maximum absolute atomic E-state index is 12.2. The number of pyridine rings is 1. The van der Waals surface area contributed by atoms with Crippen LogP contribution in [0.4, 0.5) is 16.6 Å². The SMILES string of the molecule is CN(C(=O)OC(C)(C)C)C1CN(c2nc(N)nc3cc(C4CC4)cnc23)C1. The summed E-state index contributed by atoms with van der Waals surface area (Å²) in [6.07, 6.45) is 4.04. The van der Waals surface area contributed by atoms with Crippen molar-refractivity contribution < 1.29 is 9.53 Å². The van der Waals surface area contributed by atoms with E-state index >= 15 is 0 Å². The number of anilines is 2. The first kappa shape index (κ1) is 17.8. The van der Waals surface area contributed by atoms with E-state index in [1.165, 1.54) is 18.4 Å². The zero-order valence-electron chi connectivity index (χ0n) is 16.3. The number of rotatable bonds is 3. The van der Waals surface area contributed by atoms with Crippen LogP contribution in [0.25, 0.3) is 11.0 Å². The third-order valence-corrected chi connectivity index (χ3v) is 5.00. The fourth-order valence-corrected chi connectivity index (χ4v) is 3.25. The number of nitrogens with two attached hydrogens (primary N) is 1. The Morgan fingerprint density at radius 2 is 2.00 bits per heavy atom. The standard InChI is InChI=1S/C19H26N6O2/c1-19(2,3)27-18(26)24(4)13-9-25(10-13)16-15-14(22-17(20)23-16)7-12(8-21-15)11-5-6-11/h7-8,11,13H,5-6,9-10H2,1-4H3,(H2,20,22,23). The smallest absolute Gasteiger partial charge is 0.410 e. The summed E-state index contributed by atoms with van der Waals surface area (Å²) < 4.78 is 5.44. The molecule has 1 saturated carbocycles. The number of hydrogen-bond acceptors (Lipinski definition) is 7. The molecule has 3 heterocycles. The zero-order valence-corrected chi connectivity index (χ0v) is 16.3. The molecule has 8 heteroatoms. The Morgan fingerprint density at radius 3 is 2.63 bits per heavy atom. The molecule has 2 fully saturated rings. The lowest BCUT2D eigenvalue weighted by Crippen LogP contribution is -2.60. The second kappa shape index (κ2) is 6.21. The highest BCUT2D eigenvalue weighted by molar-refractivity contribution is 5.87. The van der Waals surface area contributed by atoms with Gasteiger partial charge in [0.1, 0.15) is 11.1 Å². The summed E-state index contributed by atoms with van der Waals surface area (Å²) in [6.45, 7) is 6.91. The van der Waals surface area contributed by atoms with E-state index in [1.54, 1.807) is 11.9 Å². The lowest BCUT2D eigenvalue weighted by molar-refractivity contribution is 0.0197. The highest BCUT2D eigenvalue weighted by Crippen LogP contribution is 2.41. The Balaban J connectivity index is 1.50. The Kier molecular flexibility index (Phi) is 4.09. The minimum atomic E-state index is -0.505. The zero-order chi connectivity index (χ0) is 19.3. The van der Waals surface area contributed by atoms with Crippen molar-refractivity contribution >= 4 is 28.9 Å². The lowest BCUT2D eigenvalue weighted by Gasteiger charge is -2.44. The molecule has 0 bridgehead atoms. The van der Waals surface area contributed by atoms with Gasteiger partial charge in [0.15, 0.2) is 5.82 Å². The third-order valence-electron chi connectivity index (χ3n) is 5.00. The summed E-state index contributed by atoms with van der Waals surface area (Å²) in [5.74, 6) is 1.59. The van der Waals surface area contributed by atoms with E-state index in [0.29, 0.717) is 19.0 Å². The van der Waals surface area contributed by atoms with Crippen molar-refractivity contribution in [2.45, 2.75) is 51.2 Å². The van der Waals surface area contributed by atoms with Gasteiger partial charge in [0, 0.05) is 26.3 Å². The molecule has 0 unspecified atom stereocenters. The summed E-state index contributed by atoms with van der Waals surface area (Å²) in [6, 6.07) is 2.14. The summed E-state index contributed by atoms with van der Waals surface area (Å²) in [7, 11) is 1.77. The number of nitrogens with zero attached hydrogens (tertiary/aromatic N) is 5. The molecule has 1 amide bonds. The van der Waals surface area contributed by atoms with E-state index in [9.17, 15) is 4.79 Å². The van der Waals surface area contributed by atoms with Gasteiger partial charge in [-0.15, -0.1) is 0 Å². The van der Waals surface area contributed by atoms with Crippen LogP contribution in [0.1, 0.15) is 45.1 Å². The molecule has 0 radical (unpaired) electrons. The largest absolute Gasteiger partial charge is 0.444 e. The monoisotopic (exact) mass is 370 g/mol. The normalized spacial score (nSPS) is 17.7. The Labute approximate surface area is 158 Å². The molecule has 1 saturated heterocycles. The maximum atomic E-state index is 12.2. The molecule has 8 nitrogen and oxygen atoms in total. The Hall–Kier alpha value is -2.64. The average molecular weight is 370 g/mol. The van der Waals surface area contributed by atoms with Gasteiger partial charge in [-0.05, 0) is 51.2 Å². The van der Waals surface area contributed by atoms with Gasteiger partial charge < -0.3 is 20.3 Å². The Bertz CT molecular complexity index is 884. The van der Waals surface area contributed by atoms with Crippen molar-refractivity contribution in [2.75, 3.05) is 30.8 Å². The van der Waals surface area contributed by atoms with Crippen LogP contribution in [0.3, 0.4) is 0 Å². The van der Waals surface area contributed by atoms with Crippen molar-refractivity contribution in [3.05, 3.63) is 17.8 Å². The van der Waals surface area contributed by atoms with Crippen molar-refractivity contribution in [3.8, 4) is 0 Å². The van der Waals surface area contributed by atoms with Crippen molar-refractivity contribution in [1.82, 2.24) is 19.9 Å². The fraction of sp³-hybridized carbons (Fsp3) is 0.579. The van der Waals surface area contributed by atoms with E-state index in [2.05, 4.69) is 25.9 Å². The van der Waals surface area contributed by atoms with Gasteiger partial charge in [0.05, 0.1) is 11.6 Å². The van der Waals surface area contributed by atoms with Gasteiger partial charge in [-0.1, -0.05) is 0 Å². The van der Waals surface area contributed by atoms with Gasteiger partial charge in [0.2, 0.25) is 5.95 Å². The first-order valence-corrected chi connectivity index (χ1v) is 9.35. The number of ether oxygens (including phenoxy) is 1. The van der Waals surface area contributed by atoms with E-state index in [-0.39, 0.29) is 18.1 Å². The van der Waals surface area contributed by atoms with Crippen LogP contribution >= 0.6 is 0 Å². The predicted molar refractivity (Wildman–Crippen MR) is 104 cm³/mol. The first-order valence-electron chi connectivity index (χ1n) is 9.35. The van der Waals surface area contributed by atoms with Crippen LogP contribution in [0.5, 0.6) is 0 Å². The minimum Gasteiger partial charge on any atom is -0.444 e. The molecule has 27 heavy (non-hydrogen) atoms. The summed E-state index contributed by atoms with van der Waals surface area (Å²) in [5.41, 5.74) is 8.19. The third kappa shape index (κ3) is 3.61. The van der Waals surface area contributed by atoms with E-state index in [4.69, 9.17) is 10.5 Å². The van der Waals surface area contributed by atoms with Crippen LogP contribution in [-0.2, 0) is 4.74 Å². The summed E-state index contributed by atoms with van der Waals surface area (Å²) in [5, 5.41) is 0.